The molecule has 1 aromatic rings. The molecule has 1 aromatic heterocycles. The Hall–Kier alpha value is -1.91. The van der Waals surface area contributed by atoms with E-state index in [0.29, 0.717) is 11.6 Å². The Morgan fingerprint density at radius 1 is 1.44 bits per heavy atom. The summed E-state index contributed by atoms with van der Waals surface area (Å²) in [7, 11) is 1.59. The summed E-state index contributed by atoms with van der Waals surface area (Å²) in [6, 6.07) is 3.65. The topological polar surface area (TPSA) is 70.5 Å². The third-order valence-electron chi connectivity index (χ3n) is 3.06. The van der Waals surface area contributed by atoms with E-state index in [2.05, 4.69) is 4.98 Å². The first-order chi connectivity index (χ1) is 8.58. The van der Waals surface area contributed by atoms with Crippen molar-refractivity contribution in [1.82, 2.24) is 9.88 Å². The van der Waals surface area contributed by atoms with Crippen LogP contribution in [0.2, 0.25) is 0 Å². The molecule has 0 bridgehead atoms. The second kappa shape index (κ2) is 5.16. The van der Waals surface area contributed by atoms with E-state index in [0.717, 1.165) is 0 Å². The monoisotopic (exact) mass is 248 g/mol. The van der Waals surface area contributed by atoms with E-state index in [4.69, 9.17) is 5.11 Å². The zero-order chi connectivity index (χ0) is 13.1. The van der Waals surface area contributed by atoms with Gasteiger partial charge in [0.15, 0.2) is 0 Å². The van der Waals surface area contributed by atoms with Gasteiger partial charge in [0.25, 0.3) is 5.91 Å². The molecule has 1 N–H and O–H groups in total. The summed E-state index contributed by atoms with van der Waals surface area (Å²) < 4.78 is 0. The van der Waals surface area contributed by atoms with Crippen molar-refractivity contribution < 1.29 is 14.7 Å². The van der Waals surface area contributed by atoms with E-state index in [1.54, 1.807) is 19.3 Å². The smallest absolute Gasteiger partial charge is 0.305 e. The number of carbonyl (C=O) groups is 2. The fraction of sp³-hybridized carbons (Fsp3) is 0.462. The van der Waals surface area contributed by atoms with Crippen LogP contribution in [-0.2, 0) is 4.79 Å². The summed E-state index contributed by atoms with van der Waals surface area (Å²) >= 11 is 0. The quantitative estimate of drug-likeness (QED) is 0.857. The Kier molecular flexibility index (Phi) is 3.60. The molecular weight excluding hydrogens is 232 g/mol. The van der Waals surface area contributed by atoms with Crippen LogP contribution >= 0.6 is 0 Å². The van der Waals surface area contributed by atoms with E-state index in [-0.39, 0.29) is 18.9 Å². The first kappa shape index (κ1) is 12.5. The number of nitrogens with zero attached hydrogens (tertiary/aromatic N) is 2. The number of aromatic nitrogens is 1. The van der Waals surface area contributed by atoms with Crippen molar-refractivity contribution in [2.24, 2.45) is 0 Å². The SMILES string of the molecule is CN(CCC(=O)O)C(=O)c1ccc(C2CC2)cn1. The highest BCUT2D eigenvalue weighted by molar-refractivity contribution is 5.92. The van der Waals surface area contributed by atoms with Gasteiger partial charge in [0.2, 0.25) is 0 Å². The summed E-state index contributed by atoms with van der Waals surface area (Å²) in [6.07, 6.45) is 4.10. The molecule has 18 heavy (non-hydrogen) atoms. The van der Waals surface area contributed by atoms with Crippen molar-refractivity contribution in [2.45, 2.75) is 25.2 Å². The highest BCUT2D eigenvalue weighted by Crippen LogP contribution is 2.39. The summed E-state index contributed by atoms with van der Waals surface area (Å²) in [5.41, 5.74) is 1.55. The second-order valence-corrected chi connectivity index (χ2v) is 4.62. The number of aliphatic carboxylic acids is 1. The molecule has 0 unspecified atom stereocenters. The van der Waals surface area contributed by atoms with Crippen LogP contribution in [0.5, 0.6) is 0 Å². The number of pyridine rings is 1. The van der Waals surface area contributed by atoms with Crippen molar-refractivity contribution >= 4 is 11.9 Å². The Morgan fingerprint density at radius 3 is 2.67 bits per heavy atom. The second-order valence-electron chi connectivity index (χ2n) is 4.62. The van der Waals surface area contributed by atoms with Gasteiger partial charge in [0.1, 0.15) is 5.69 Å². The zero-order valence-corrected chi connectivity index (χ0v) is 10.3. The predicted octanol–water partition coefficient (Wildman–Crippen LogP) is 1.51. The fourth-order valence-corrected chi connectivity index (χ4v) is 1.75. The molecule has 0 spiro atoms. The third kappa shape index (κ3) is 3.06. The largest absolute Gasteiger partial charge is 0.481 e. The Labute approximate surface area is 105 Å². The summed E-state index contributed by atoms with van der Waals surface area (Å²) in [5, 5.41) is 8.57. The molecule has 1 saturated carbocycles. The van der Waals surface area contributed by atoms with Gasteiger partial charge in [-0.15, -0.1) is 0 Å². The fourth-order valence-electron chi connectivity index (χ4n) is 1.75. The van der Waals surface area contributed by atoms with E-state index in [1.165, 1.54) is 23.3 Å². The van der Waals surface area contributed by atoms with Gasteiger partial charge < -0.3 is 10.0 Å². The lowest BCUT2D eigenvalue weighted by atomic mass is 10.2. The van der Waals surface area contributed by atoms with Gasteiger partial charge in [0.05, 0.1) is 6.42 Å². The average Bonchev–Trinajstić information content (AvgIpc) is 3.19. The number of carbonyl (C=O) groups excluding carboxylic acids is 1. The minimum Gasteiger partial charge on any atom is -0.481 e. The van der Waals surface area contributed by atoms with E-state index >= 15 is 0 Å². The van der Waals surface area contributed by atoms with Crippen molar-refractivity contribution in [3.63, 3.8) is 0 Å². The first-order valence-electron chi connectivity index (χ1n) is 6.01. The van der Waals surface area contributed by atoms with Crippen molar-refractivity contribution in [2.75, 3.05) is 13.6 Å². The molecule has 5 nitrogen and oxygen atoms in total. The van der Waals surface area contributed by atoms with Gasteiger partial charge in [-0.3, -0.25) is 14.6 Å². The number of amides is 1. The van der Waals surface area contributed by atoms with Crippen LogP contribution in [0.15, 0.2) is 18.3 Å². The van der Waals surface area contributed by atoms with Crippen LogP contribution in [0.1, 0.15) is 41.2 Å². The normalized spacial score (nSPS) is 14.3. The van der Waals surface area contributed by atoms with Gasteiger partial charge >= 0.3 is 5.97 Å². The van der Waals surface area contributed by atoms with Crippen molar-refractivity contribution in [3.8, 4) is 0 Å². The van der Waals surface area contributed by atoms with Crippen molar-refractivity contribution in [1.29, 1.82) is 0 Å². The van der Waals surface area contributed by atoms with Crippen LogP contribution in [-0.4, -0.2) is 40.5 Å². The standard InChI is InChI=1S/C13H16N2O3/c1-15(7-6-12(16)17)13(18)11-5-4-10(8-14-11)9-2-3-9/h4-5,8-9H,2-3,6-7H2,1H3,(H,16,17). The number of carboxylic acid groups (broad SMARTS) is 1. The van der Waals surface area contributed by atoms with Crippen LogP contribution in [0.25, 0.3) is 0 Å². The van der Waals surface area contributed by atoms with Crippen LogP contribution in [0, 0.1) is 0 Å². The van der Waals surface area contributed by atoms with E-state index in [9.17, 15) is 9.59 Å². The number of rotatable bonds is 5. The molecule has 1 heterocycles. The zero-order valence-electron chi connectivity index (χ0n) is 10.3. The van der Waals surface area contributed by atoms with Gasteiger partial charge in [-0.05, 0) is 30.4 Å². The van der Waals surface area contributed by atoms with E-state index in [1.807, 2.05) is 6.07 Å². The van der Waals surface area contributed by atoms with Crippen molar-refractivity contribution in [3.05, 3.63) is 29.6 Å². The maximum Gasteiger partial charge on any atom is 0.305 e. The highest BCUT2D eigenvalue weighted by atomic mass is 16.4. The molecule has 0 aromatic carbocycles. The first-order valence-corrected chi connectivity index (χ1v) is 6.01. The maximum atomic E-state index is 11.9. The molecular formula is C13H16N2O3. The molecule has 0 aliphatic heterocycles. The minimum atomic E-state index is -0.910. The lowest BCUT2D eigenvalue weighted by molar-refractivity contribution is -0.137. The summed E-state index contributed by atoms with van der Waals surface area (Å²) in [5.74, 6) is -0.531. The molecule has 0 atom stereocenters. The molecule has 96 valence electrons. The highest BCUT2D eigenvalue weighted by Gasteiger charge is 2.24. The molecule has 1 amide bonds. The molecule has 1 aliphatic carbocycles. The third-order valence-corrected chi connectivity index (χ3v) is 3.06. The lowest BCUT2D eigenvalue weighted by Crippen LogP contribution is -2.29. The van der Waals surface area contributed by atoms with Gasteiger partial charge in [0, 0.05) is 19.8 Å². The predicted molar refractivity (Wildman–Crippen MR) is 65.4 cm³/mol. The maximum absolute atomic E-state index is 11.9. The minimum absolute atomic E-state index is 0.0532. The number of carboxylic acids is 1. The average molecular weight is 248 g/mol. The number of hydrogen-bond donors (Lipinski definition) is 1. The Bertz CT molecular complexity index is 452. The Balaban J connectivity index is 1.96. The summed E-state index contributed by atoms with van der Waals surface area (Å²) in [6.45, 7) is 0.195. The molecule has 0 saturated heterocycles. The van der Waals surface area contributed by atoms with Crippen LogP contribution < -0.4 is 0 Å². The van der Waals surface area contributed by atoms with Crippen LogP contribution in [0.4, 0.5) is 0 Å². The molecule has 1 fully saturated rings. The van der Waals surface area contributed by atoms with Gasteiger partial charge in [-0.2, -0.15) is 0 Å². The Morgan fingerprint density at radius 2 is 2.17 bits per heavy atom. The summed E-state index contributed by atoms with van der Waals surface area (Å²) in [4.78, 5) is 27.9. The molecule has 0 radical (unpaired) electrons. The molecule has 2 rings (SSSR count). The van der Waals surface area contributed by atoms with Crippen LogP contribution in [0.3, 0.4) is 0 Å². The van der Waals surface area contributed by atoms with Gasteiger partial charge in [-0.25, -0.2) is 0 Å². The lowest BCUT2D eigenvalue weighted by Gasteiger charge is -2.15. The van der Waals surface area contributed by atoms with Gasteiger partial charge in [-0.1, -0.05) is 6.07 Å². The molecule has 5 heteroatoms. The van der Waals surface area contributed by atoms with E-state index < -0.39 is 5.97 Å². The number of hydrogen-bond acceptors (Lipinski definition) is 3. The molecule has 1 aliphatic rings.